The third-order valence-electron chi connectivity index (χ3n) is 9.00. The third kappa shape index (κ3) is 3.81. The van der Waals surface area contributed by atoms with E-state index in [4.69, 9.17) is 5.73 Å². The predicted molar refractivity (Wildman–Crippen MR) is 137 cm³/mol. The van der Waals surface area contributed by atoms with Gasteiger partial charge in [0.2, 0.25) is 5.91 Å². The predicted octanol–water partition coefficient (Wildman–Crippen LogP) is 5.45. The van der Waals surface area contributed by atoms with E-state index in [0.717, 1.165) is 31.2 Å². The van der Waals surface area contributed by atoms with Crippen molar-refractivity contribution in [2.75, 3.05) is 4.43 Å². The molecule has 0 bridgehead atoms. The first-order chi connectivity index (χ1) is 15.4. The van der Waals surface area contributed by atoms with Crippen molar-refractivity contribution in [3.63, 3.8) is 0 Å². The first kappa shape index (κ1) is 22.4. The van der Waals surface area contributed by atoms with Crippen molar-refractivity contribution in [2.24, 2.45) is 28.9 Å². The van der Waals surface area contributed by atoms with Crippen LogP contribution in [0, 0.1) is 23.2 Å². The average molecular weight is 541 g/mol. The number of aryl methyl sites for hydroxylation is 2. The van der Waals surface area contributed by atoms with E-state index >= 15 is 0 Å². The molecule has 32 heavy (non-hydrogen) atoms. The summed E-state index contributed by atoms with van der Waals surface area (Å²) in [5.41, 5.74) is 11.8. The largest absolute Gasteiger partial charge is 0.392 e. The van der Waals surface area contributed by atoms with Crippen molar-refractivity contribution in [1.82, 2.24) is 0 Å². The number of alkyl halides is 1. The first-order valence-electron chi connectivity index (χ1n) is 12.1. The Kier molecular flexibility index (Phi) is 6.12. The molecule has 2 saturated carbocycles. The molecule has 6 atom stereocenters. The van der Waals surface area contributed by atoms with Gasteiger partial charge in [-0.05, 0) is 108 Å². The molecule has 2 fully saturated rings. The molecule has 5 rings (SSSR count). The molecule has 2 aromatic carbocycles. The fourth-order valence-corrected chi connectivity index (χ4v) is 8.02. The quantitative estimate of drug-likeness (QED) is 0.391. The monoisotopic (exact) mass is 541 g/mol. The lowest BCUT2D eigenvalue weighted by molar-refractivity contribution is -0.0325. The van der Waals surface area contributed by atoms with Crippen LogP contribution in [0.4, 0.5) is 0 Å². The van der Waals surface area contributed by atoms with Crippen molar-refractivity contribution in [3.8, 4) is 0 Å². The Bertz CT molecular complexity index is 1020. The molecule has 2 aromatic rings. The van der Waals surface area contributed by atoms with E-state index in [1.54, 1.807) is 17.2 Å². The van der Waals surface area contributed by atoms with Gasteiger partial charge < -0.3 is 10.8 Å². The molecule has 1 amide bonds. The average Bonchev–Trinajstić information content (AvgIpc) is 3.04. The number of carbonyl (C=O) groups excluding carboxylic acids is 1. The summed E-state index contributed by atoms with van der Waals surface area (Å²) in [7, 11) is 0. The molecule has 3 nitrogen and oxygen atoms in total. The molecule has 3 aliphatic rings. The van der Waals surface area contributed by atoms with Gasteiger partial charge in [0, 0.05) is 9.99 Å². The lowest BCUT2D eigenvalue weighted by atomic mass is 9.55. The fourth-order valence-electron chi connectivity index (χ4n) is 7.40. The summed E-state index contributed by atoms with van der Waals surface area (Å²) in [6.07, 6.45) is 7.52. The Morgan fingerprint density at radius 1 is 1.19 bits per heavy atom. The van der Waals surface area contributed by atoms with Gasteiger partial charge >= 0.3 is 0 Å². The lowest BCUT2D eigenvalue weighted by Crippen LogP contribution is -2.44. The van der Waals surface area contributed by atoms with Crippen LogP contribution in [0.1, 0.15) is 71.1 Å². The van der Waals surface area contributed by atoms with E-state index in [1.165, 1.54) is 29.3 Å². The number of amides is 1. The molecule has 0 aromatic heterocycles. The van der Waals surface area contributed by atoms with Crippen LogP contribution in [0.5, 0.6) is 0 Å². The summed E-state index contributed by atoms with van der Waals surface area (Å²) in [6, 6.07) is 14.9. The topological polar surface area (TPSA) is 63.3 Å². The van der Waals surface area contributed by atoms with Gasteiger partial charge in [-0.3, -0.25) is 4.79 Å². The van der Waals surface area contributed by atoms with Gasteiger partial charge in [-0.25, -0.2) is 0 Å². The smallest absolute Gasteiger partial charge is 0.248 e. The summed E-state index contributed by atoms with van der Waals surface area (Å²) in [5.74, 6) is 1.76. The number of hydrogen-bond acceptors (Lipinski definition) is 2. The van der Waals surface area contributed by atoms with Crippen LogP contribution in [0.25, 0.3) is 0 Å². The highest BCUT2D eigenvalue weighted by molar-refractivity contribution is 14.1. The Balaban J connectivity index is 1.38. The van der Waals surface area contributed by atoms with Crippen molar-refractivity contribution >= 4 is 28.5 Å². The van der Waals surface area contributed by atoms with Crippen LogP contribution in [0.3, 0.4) is 0 Å². The minimum absolute atomic E-state index is 0.00574. The molecule has 0 saturated heterocycles. The summed E-state index contributed by atoms with van der Waals surface area (Å²) < 4.78 is 1.17. The van der Waals surface area contributed by atoms with E-state index in [9.17, 15) is 9.90 Å². The maximum atomic E-state index is 11.6. The number of fused-ring (bicyclic) bond motifs is 5. The minimum Gasteiger partial charge on any atom is -0.392 e. The highest BCUT2D eigenvalue weighted by Gasteiger charge is 2.57. The maximum Gasteiger partial charge on any atom is 0.248 e. The standard InChI is InChI=1S/C28H34INO2/c1-28-11-9-23-22-7-5-17(10-12-29)13-19(22)6-8-24(23)25(28)16-21(26(28)31)15-18-3-2-4-20(14-18)27(30)32/h2-5,7,13-14,21,23-26,31H,6,8-12,15-16H2,1H3,(H2,30,32)/t21-,23?,24?,25?,26-,28-/m0/s1/i29-2. The zero-order valence-corrected chi connectivity index (χ0v) is 21.1. The van der Waals surface area contributed by atoms with Crippen LogP contribution in [0.15, 0.2) is 42.5 Å². The van der Waals surface area contributed by atoms with Crippen LogP contribution >= 0.6 is 22.6 Å². The molecule has 3 N–H and O–H groups in total. The van der Waals surface area contributed by atoms with Crippen molar-refractivity contribution in [2.45, 2.75) is 63.9 Å². The summed E-state index contributed by atoms with van der Waals surface area (Å²) in [4.78, 5) is 11.6. The molecule has 3 aliphatic carbocycles. The molecule has 0 spiro atoms. The van der Waals surface area contributed by atoms with E-state index in [-0.39, 0.29) is 23.3 Å². The van der Waals surface area contributed by atoms with Crippen molar-refractivity contribution in [1.29, 1.82) is 0 Å². The zero-order chi connectivity index (χ0) is 22.5. The van der Waals surface area contributed by atoms with Gasteiger partial charge in [-0.15, -0.1) is 0 Å². The van der Waals surface area contributed by atoms with E-state index < -0.39 is 0 Å². The number of rotatable bonds is 5. The van der Waals surface area contributed by atoms with Gasteiger partial charge in [-0.2, -0.15) is 0 Å². The van der Waals surface area contributed by atoms with Crippen molar-refractivity contribution in [3.05, 3.63) is 70.3 Å². The Hall–Kier alpha value is -1.40. The molecule has 0 heterocycles. The third-order valence-corrected chi connectivity index (χ3v) is 9.54. The van der Waals surface area contributed by atoms with E-state index in [1.807, 2.05) is 12.1 Å². The number of carbonyl (C=O) groups is 1. The molecule has 4 heteroatoms. The van der Waals surface area contributed by atoms with Crippen LogP contribution in [0.2, 0.25) is 0 Å². The molecule has 0 radical (unpaired) electrons. The molecule has 0 aliphatic heterocycles. The Morgan fingerprint density at radius 2 is 2.03 bits per heavy atom. The van der Waals surface area contributed by atoms with Gasteiger partial charge in [0.1, 0.15) is 0 Å². The van der Waals surface area contributed by atoms with Crippen molar-refractivity contribution < 1.29 is 9.90 Å². The van der Waals surface area contributed by atoms with Crippen LogP contribution in [-0.4, -0.2) is 21.5 Å². The van der Waals surface area contributed by atoms with Gasteiger partial charge in [0.15, 0.2) is 0 Å². The fraction of sp³-hybridized carbons (Fsp3) is 0.536. The second-order valence-corrected chi connectivity index (χ2v) is 11.7. The zero-order valence-electron chi connectivity index (χ0n) is 18.9. The number of nitrogens with two attached hydrogens (primary N) is 1. The molecule has 3 unspecified atom stereocenters. The number of hydrogen-bond donors (Lipinski definition) is 2. The summed E-state index contributed by atoms with van der Waals surface area (Å²) in [6.45, 7) is 2.34. The lowest BCUT2D eigenvalue weighted by Gasteiger charge is -2.50. The highest BCUT2D eigenvalue weighted by atomic mass is 125. The van der Waals surface area contributed by atoms with Gasteiger partial charge in [0.25, 0.3) is 0 Å². The normalized spacial score (nSPS) is 33.3. The minimum atomic E-state index is -0.384. The SMILES string of the molecule is C[C@]12CCC3c4ccc(CC[125I])cc4CCC3C1C[C@H](Cc1cccc(C(N)=O)c1)[C@@H]2O. The number of primary amides is 1. The second-order valence-electron chi connectivity index (χ2n) is 10.6. The number of benzene rings is 2. The second kappa shape index (κ2) is 8.75. The summed E-state index contributed by atoms with van der Waals surface area (Å²) >= 11 is 2.46. The van der Waals surface area contributed by atoms with E-state index in [0.29, 0.717) is 23.3 Å². The summed E-state index contributed by atoms with van der Waals surface area (Å²) in [5, 5.41) is 11.5. The first-order valence-corrected chi connectivity index (χ1v) is 13.7. The van der Waals surface area contributed by atoms with Crippen LogP contribution < -0.4 is 5.73 Å². The van der Waals surface area contributed by atoms with Crippen LogP contribution in [-0.2, 0) is 19.3 Å². The Morgan fingerprint density at radius 3 is 2.81 bits per heavy atom. The molecular formula is C28H34INO2. The maximum absolute atomic E-state index is 11.6. The number of aliphatic hydroxyl groups excluding tert-OH is 1. The number of aliphatic hydroxyl groups is 1. The number of halogens is 1. The van der Waals surface area contributed by atoms with Gasteiger partial charge in [0.05, 0.1) is 6.10 Å². The highest BCUT2D eigenvalue weighted by Crippen LogP contribution is 2.62. The van der Waals surface area contributed by atoms with E-state index in [2.05, 4.69) is 53.8 Å². The Labute approximate surface area is 205 Å². The van der Waals surface area contributed by atoms with Gasteiger partial charge in [-0.1, -0.05) is 59.8 Å². The molecular weight excluding hydrogens is 507 g/mol. The molecule has 170 valence electrons.